The van der Waals surface area contributed by atoms with Gasteiger partial charge in [-0.2, -0.15) is 10.4 Å². The lowest BCUT2D eigenvalue weighted by Gasteiger charge is -2.30. The molecule has 0 unspecified atom stereocenters. The Morgan fingerprint density at radius 3 is 2.75 bits per heavy atom. The van der Waals surface area contributed by atoms with Crippen LogP contribution < -0.4 is 0 Å². The maximum atomic E-state index is 9.37. The second-order valence-corrected chi connectivity index (χ2v) is 4.58. The van der Waals surface area contributed by atoms with Crippen molar-refractivity contribution in [3.63, 3.8) is 0 Å². The third-order valence-electron chi connectivity index (χ3n) is 3.31. The predicted molar refractivity (Wildman–Crippen MR) is 59.7 cm³/mol. The van der Waals surface area contributed by atoms with E-state index in [-0.39, 0.29) is 5.41 Å². The first kappa shape index (κ1) is 11.2. The summed E-state index contributed by atoms with van der Waals surface area (Å²) in [7, 11) is 1.94. The molecule has 0 aromatic carbocycles. The molecule has 0 radical (unpaired) electrons. The maximum Gasteiger partial charge on any atom is 0.0695 e. The molecule has 0 saturated carbocycles. The van der Waals surface area contributed by atoms with E-state index in [1.54, 1.807) is 0 Å². The van der Waals surface area contributed by atoms with Crippen LogP contribution in [-0.2, 0) is 18.2 Å². The number of nitrogens with zero attached hydrogens (tertiary/aromatic N) is 3. The van der Waals surface area contributed by atoms with Gasteiger partial charge in [0.1, 0.15) is 0 Å². The molecule has 1 aliphatic heterocycles. The lowest BCUT2D eigenvalue weighted by Crippen LogP contribution is -2.31. The van der Waals surface area contributed by atoms with Crippen LogP contribution in [0.1, 0.15) is 24.2 Å². The van der Waals surface area contributed by atoms with E-state index in [1.807, 2.05) is 18.7 Å². The molecule has 0 spiro atoms. The minimum Gasteiger partial charge on any atom is -0.381 e. The maximum absolute atomic E-state index is 9.37. The van der Waals surface area contributed by atoms with Crippen LogP contribution in [0, 0.1) is 23.7 Å². The summed E-state index contributed by atoms with van der Waals surface area (Å²) in [6, 6.07) is 4.55. The van der Waals surface area contributed by atoms with Crippen LogP contribution in [-0.4, -0.2) is 23.0 Å². The van der Waals surface area contributed by atoms with E-state index in [0.717, 1.165) is 30.7 Å². The summed E-state index contributed by atoms with van der Waals surface area (Å²) in [4.78, 5) is 0. The second-order valence-electron chi connectivity index (χ2n) is 4.58. The van der Waals surface area contributed by atoms with Gasteiger partial charge in [0.25, 0.3) is 0 Å². The Labute approximate surface area is 95.8 Å². The van der Waals surface area contributed by atoms with E-state index in [1.165, 1.54) is 0 Å². The number of ether oxygens (including phenoxy) is 1. The molecule has 1 saturated heterocycles. The first-order valence-corrected chi connectivity index (χ1v) is 5.64. The highest BCUT2D eigenvalue weighted by Gasteiger charge is 2.33. The molecule has 0 bridgehead atoms. The number of aromatic nitrogens is 2. The SMILES string of the molecule is Cc1cc(CC2(C#N)CCOCC2)n(C)n1. The van der Waals surface area contributed by atoms with Gasteiger partial charge >= 0.3 is 0 Å². The van der Waals surface area contributed by atoms with Crippen LogP contribution in [0.4, 0.5) is 0 Å². The van der Waals surface area contributed by atoms with E-state index < -0.39 is 0 Å². The van der Waals surface area contributed by atoms with Gasteiger partial charge < -0.3 is 4.74 Å². The molecular weight excluding hydrogens is 202 g/mol. The molecule has 2 rings (SSSR count). The van der Waals surface area contributed by atoms with Crippen LogP contribution in [0.25, 0.3) is 0 Å². The summed E-state index contributed by atoms with van der Waals surface area (Å²) >= 11 is 0. The van der Waals surface area contributed by atoms with Crippen molar-refractivity contribution in [1.82, 2.24) is 9.78 Å². The van der Waals surface area contributed by atoms with E-state index >= 15 is 0 Å². The summed E-state index contributed by atoms with van der Waals surface area (Å²) < 4.78 is 7.21. The zero-order chi connectivity index (χ0) is 11.6. The highest BCUT2D eigenvalue weighted by Crippen LogP contribution is 2.33. The standard InChI is InChI=1S/C12H17N3O/c1-10-7-11(15(2)14-10)8-12(9-13)3-5-16-6-4-12/h7H,3-6,8H2,1-2H3. The predicted octanol–water partition coefficient (Wildman–Crippen LogP) is 1.59. The fourth-order valence-electron chi connectivity index (χ4n) is 2.27. The van der Waals surface area contributed by atoms with E-state index in [2.05, 4.69) is 17.2 Å². The summed E-state index contributed by atoms with van der Waals surface area (Å²) in [6.07, 6.45) is 2.44. The molecule has 1 fully saturated rings. The average molecular weight is 219 g/mol. The van der Waals surface area contributed by atoms with Gasteiger partial charge in [-0.25, -0.2) is 0 Å². The van der Waals surface area contributed by atoms with Crippen molar-refractivity contribution in [2.45, 2.75) is 26.2 Å². The zero-order valence-electron chi connectivity index (χ0n) is 9.86. The molecule has 1 aliphatic rings. The molecule has 0 atom stereocenters. The van der Waals surface area contributed by atoms with E-state index in [0.29, 0.717) is 13.2 Å². The number of nitriles is 1. The number of hydrogen-bond donors (Lipinski definition) is 0. The van der Waals surface area contributed by atoms with Crippen LogP contribution in [0.5, 0.6) is 0 Å². The number of aryl methyl sites for hydroxylation is 2. The van der Waals surface area contributed by atoms with Gasteiger partial charge in [-0.3, -0.25) is 4.68 Å². The molecule has 1 aromatic rings. The summed E-state index contributed by atoms with van der Waals surface area (Å²) in [6.45, 7) is 3.38. The highest BCUT2D eigenvalue weighted by molar-refractivity contribution is 5.15. The molecule has 16 heavy (non-hydrogen) atoms. The van der Waals surface area contributed by atoms with Gasteiger partial charge in [0.05, 0.1) is 17.2 Å². The van der Waals surface area contributed by atoms with Crippen molar-refractivity contribution in [1.29, 1.82) is 5.26 Å². The van der Waals surface area contributed by atoms with Crippen molar-refractivity contribution in [2.75, 3.05) is 13.2 Å². The van der Waals surface area contributed by atoms with Crippen molar-refractivity contribution >= 4 is 0 Å². The van der Waals surface area contributed by atoms with E-state index in [4.69, 9.17) is 4.74 Å². The van der Waals surface area contributed by atoms with Crippen LogP contribution in [0.3, 0.4) is 0 Å². The van der Waals surface area contributed by atoms with Crippen molar-refractivity contribution in [2.24, 2.45) is 12.5 Å². The van der Waals surface area contributed by atoms with Gasteiger partial charge in [-0.05, 0) is 25.8 Å². The molecule has 1 aromatic heterocycles. The molecule has 86 valence electrons. The lowest BCUT2D eigenvalue weighted by atomic mass is 9.78. The molecule has 0 amide bonds. The molecule has 4 nitrogen and oxygen atoms in total. The third kappa shape index (κ3) is 2.10. The molecule has 4 heteroatoms. The normalized spacial score (nSPS) is 19.3. The first-order chi connectivity index (χ1) is 7.65. The smallest absolute Gasteiger partial charge is 0.0695 e. The Hall–Kier alpha value is -1.34. The van der Waals surface area contributed by atoms with Gasteiger partial charge in [-0.15, -0.1) is 0 Å². The quantitative estimate of drug-likeness (QED) is 0.759. The van der Waals surface area contributed by atoms with Crippen LogP contribution >= 0.6 is 0 Å². The third-order valence-corrected chi connectivity index (χ3v) is 3.31. The fraction of sp³-hybridized carbons (Fsp3) is 0.667. The zero-order valence-corrected chi connectivity index (χ0v) is 9.86. The fourth-order valence-corrected chi connectivity index (χ4v) is 2.27. The van der Waals surface area contributed by atoms with Gasteiger partial charge in [0.2, 0.25) is 0 Å². The summed E-state index contributed by atoms with van der Waals surface area (Å²) in [5.41, 5.74) is 1.90. The molecule has 0 N–H and O–H groups in total. The number of rotatable bonds is 2. The van der Waals surface area contributed by atoms with Crippen molar-refractivity contribution in [3.8, 4) is 6.07 Å². The molecule has 2 heterocycles. The summed E-state index contributed by atoms with van der Waals surface area (Å²) in [5.74, 6) is 0. The van der Waals surface area contributed by atoms with Crippen molar-refractivity contribution < 1.29 is 4.74 Å². The molecular formula is C12H17N3O. The minimum absolute atomic E-state index is 0.252. The topological polar surface area (TPSA) is 50.8 Å². The first-order valence-electron chi connectivity index (χ1n) is 5.64. The van der Waals surface area contributed by atoms with E-state index in [9.17, 15) is 5.26 Å². The van der Waals surface area contributed by atoms with Gasteiger partial charge in [-0.1, -0.05) is 0 Å². The monoisotopic (exact) mass is 219 g/mol. The Kier molecular flexibility index (Phi) is 2.97. The summed E-state index contributed by atoms with van der Waals surface area (Å²) in [5, 5.41) is 13.7. The van der Waals surface area contributed by atoms with Gasteiger partial charge in [0.15, 0.2) is 0 Å². The average Bonchev–Trinajstić information content (AvgIpc) is 2.59. The lowest BCUT2D eigenvalue weighted by molar-refractivity contribution is 0.0399. The minimum atomic E-state index is -0.252. The van der Waals surface area contributed by atoms with Crippen molar-refractivity contribution in [3.05, 3.63) is 17.5 Å². The number of hydrogen-bond acceptors (Lipinski definition) is 3. The second kappa shape index (κ2) is 4.26. The van der Waals surface area contributed by atoms with Gasteiger partial charge in [0, 0.05) is 32.4 Å². The Morgan fingerprint density at radius 2 is 2.25 bits per heavy atom. The Balaban J connectivity index is 2.18. The highest BCUT2D eigenvalue weighted by atomic mass is 16.5. The molecule has 0 aliphatic carbocycles. The van der Waals surface area contributed by atoms with Crippen LogP contribution in [0.2, 0.25) is 0 Å². The largest absolute Gasteiger partial charge is 0.381 e. The Morgan fingerprint density at radius 1 is 1.56 bits per heavy atom. The Bertz CT molecular complexity index is 410. The van der Waals surface area contributed by atoms with Crippen LogP contribution in [0.15, 0.2) is 6.07 Å².